The van der Waals surface area contributed by atoms with Gasteiger partial charge in [0.15, 0.2) is 6.61 Å². The Morgan fingerprint density at radius 2 is 2.08 bits per heavy atom. The van der Waals surface area contributed by atoms with E-state index in [0.29, 0.717) is 11.4 Å². The lowest BCUT2D eigenvalue weighted by atomic mass is 10.1. The van der Waals surface area contributed by atoms with Gasteiger partial charge in [0, 0.05) is 12.1 Å². The fraction of sp³-hybridized carbons (Fsp3) is 0.250. The number of carbonyl (C=O) groups is 2. The number of aromatic amines is 1. The molecule has 1 atom stereocenters. The molecule has 3 N–H and O–H groups in total. The summed E-state index contributed by atoms with van der Waals surface area (Å²) in [4.78, 5) is 46.3. The molecule has 0 bridgehead atoms. The van der Waals surface area contributed by atoms with E-state index in [1.54, 1.807) is 25.1 Å². The lowest BCUT2D eigenvalue weighted by Gasteiger charge is -2.21. The molecular formula is C16H16N4O5. The second-order valence-electron chi connectivity index (χ2n) is 5.62. The number of anilines is 1. The summed E-state index contributed by atoms with van der Waals surface area (Å²) >= 11 is 0. The molecule has 2 amide bonds. The molecule has 0 saturated heterocycles. The number of carbonyl (C=O) groups excluding carboxylic acids is 2. The molecule has 1 aromatic heterocycles. The van der Waals surface area contributed by atoms with Crippen LogP contribution in [0, 0.1) is 0 Å². The Morgan fingerprint density at radius 3 is 2.88 bits per heavy atom. The van der Waals surface area contributed by atoms with Crippen LogP contribution in [0.25, 0.3) is 0 Å². The van der Waals surface area contributed by atoms with Crippen molar-refractivity contribution >= 4 is 17.5 Å². The molecular weight excluding hydrogens is 328 g/mol. The van der Waals surface area contributed by atoms with Crippen molar-refractivity contribution < 1.29 is 14.3 Å². The van der Waals surface area contributed by atoms with E-state index in [1.165, 1.54) is 0 Å². The lowest BCUT2D eigenvalue weighted by Crippen LogP contribution is -2.36. The summed E-state index contributed by atoms with van der Waals surface area (Å²) in [5.74, 6) is -0.113. The number of fused-ring (bicyclic) bond motifs is 1. The number of hydrogen-bond acceptors (Lipinski definition) is 5. The maximum atomic E-state index is 12.1. The number of benzene rings is 1. The van der Waals surface area contributed by atoms with Crippen molar-refractivity contribution in [2.45, 2.75) is 19.5 Å². The Hall–Kier alpha value is -3.36. The maximum absolute atomic E-state index is 12.1. The fourth-order valence-corrected chi connectivity index (χ4v) is 2.46. The normalized spacial score (nSPS) is 14.0. The van der Waals surface area contributed by atoms with E-state index in [1.807, 2.05) is 0 Å². The Bertz CT molecular complexity index is 946. The predicted molar refractivity (Wildman–Crippen MR) is 88.4 cm³/mol. The molecule has 0 aliphatic carbocycles. The molecule has 2 heterocycles. The summed E-state index contributed by atoms with van der Waals surface area (Å²) in [5, 5.41) is 7.72. The van der Waals surface area contributed by atoms with Gasteiger partial charge in [-0.2, -0.15) is 0 Å². The molecule has 9 heteroatoms. The van der Waals surface area contributed by atoms with E-state index < -0.39 is 17.0 Å². The molecule has 9 nitrogen and oxygen atoms in total. The van der Waals surface area contributed by atoms with Gasteiger partial charge in [-0.25, -0.2) is 4.68 Å². The number of hydrogen-bond donors (Lipinski definition) is 3. The van der Waals surface area contributed by atoms with Gasteiger partial charge in [-0.15, -0.1) is 0 Å². The van der Waals surface area contributed by atoms with Gasteiger partial charge in [0.05, 0.1) is 11.7 Å². The van der Waals surface area contributed by atoms with Crippen LogP contribution in [0.15, 0.2) is 39.9 Å². The third kappa shape index (κ3) is 3.77. The zero-order chi connectivity index (χ0) is 18.0. The first-order valence-electron chi connectivity index (χ1n) is 7.58. The number of rotatable bonds is 4. The van der Waals surface area contributed by atoms with Gasteiger partial charge >= 0.3 is 0 Å². The fourth-order valence-electron chi connectivity index (χ4n) is 2.46. The summed E-state index contributed by atoms with van der Waals surface area (Å²) in [6, 6.07) is 7.03. The van der Waals surface area contributed by atoms with Crippen LogP contribution in [-0.4, -0.2) is 28.2 Å². The van der Waals surface area contributed by atoms with Crippen LogP contribution in [0.2, 0.25) is 0 Å². The first-order valence-corrected chi connectivity index (χ1v) is 7.58. The Kier molecular flexibility index (Phi) is 4.38. The second-order valence-corrected chi connectivity index (χ2v) is 5.62. The molecule has 0 radical (unpaired) electrons. The topological polar surface area (TPSA) is 122 Å². The quantitative estimate of drug-likeness (QED) is 0.706. The molecule has 0 saturated carbocycles. The van der Waals surface area contributed by atoms with Gasteiger partial charge in [-0.05, 0) is 24.6 Å². The summed E-state index contributed by atoms with van der Waals surface area (Å²) in [6.45, 7) is 1.44. The van der Waals surface area contributed by atoms with E-state index in [0.717, 1.165) is 22.4 Å². The van der Waals surface area contributed by atoms with E-state index in [9.17, 15) is 19.2 Å². The largest absolute Gasteiger partial charge is 0.482 e. The van der Waals surface area contributed by atoms with Crippen LogP contribution in [0.5, 0.6) is 5.75 Å². The molecule has 1 aliphatic heterocycles. The van der Waals surface area contributed by atoms with Crippen molar-refractivity contribution in [3.05, 3.63) is 56.6 Å². The average molecular weight is 344 g/mol. The van der Waals surface area contributed by atoms with Crippen molar-refractivity contribution in [2.24, 2.45) is 0 Å². The summed E-state index contributed by atoms with van der Waals surface area (Å²) in [5.41, 5.74) is 0.354. The molecule has 2 aromatic rings. The zero-order valence-corrected chi connectivity index (χ0v) is 13.4. The zero-order valence-electron chi connectivity index (χ0n) is 13.4. The molecule has 0 fully saturated rings. The molecule has 1 aliphatic rings. The highest BCUT2D eigenvalue weighted by Crippen LogP contribution is 2.30. The average Bonchev–Trinajstić information content (AvgIpc) is 2.57. The highest BCUT2D eigenvalue weighted by Gasteiger charge is 2.18. The standard InChI is InChI=1S/C16H16N4O5/c1-9(10-2-3-12-11(6-10)18-15(23)8-25-12)17-14(22)7-20-16(24)5-4-13(21)19-20/h2-6,9H,7-8H2,1H3,(H,17,22)(H,18,23)(H,19,21)/t9-/m1/s1. The molecule has 0 spiro atoms. The third-order valence-electron chi connectivity index (χ3n) is 3.70. The number of nitrogens with one attached hydrogen (secondary N) is 3. The number of amides is 2. The van der Waals surface area contributed by atoms with Gasteiger partial charge in [0.2, 0.25) is 5.91 Å². The highest BCUT2D eigenvalue weighted by atomic mass is 16.5. The first-order chi connectivity index (χ1) is 11.9. The van der Waals surface area contributed by atoms with Crippen molar-refractivity contribution in [3.8, 4) is 5.75 Å². The predicted octanol–water partition coefficient (Wildman–Crippen LogP) is -0.255. The Labute approximate surface area is 141 Å². The van der Waals surface area contributed by atoms with Crippen LogP contribution in [0.3, 0.4) is 0 Å². The third-order valence-corrected chi connectivity index (χ3v) is 3.70. The number of H-pyrrole nitrogens is 1. The molecule has 0 unspecified atom stereocenters. The molecule has 25 heavy (non-hydrogen) atoms. The van der Waals surface area contributed by atoms with Gasteiger partial charge in [0.1, 0.15) is 12.3 Å². The Morgan fingerprint density at radius 1 is 1.28 bits per heavy atom. The lowest BCUT2D eigenvalue weighted by molar-refractivity contribution is -0.122. The van der Waals surface area contributed by atoms with Gasteiger partial charge in [-0.3, -0.25) is 24.3 Å². The molecule has 1 aromatic carbocycles. The smallest absolute Gasteiger partial charge is 0.265 e. The minimum Gasteiger partial charge on any atom is -0.482 e. The van der Waals surface area contributed by atoms with Crippen molar-refractivity contribution in [3.63, 3.8) is 0 Å². The minimum atomic E-state index is -0.476. The summed E-state index contributed by atoms with van der Waals surface area (Å²) in [7, 11) is 0. The summed E-state index contributed by atoms with van der Waals surface area (Å²) < 4.78 is 6.22. The van der Waals surface area contributed by atoms with Crippen molar-refractivity contribution in [2.75, 3.05) is 11.9 Å². The van der Waals surface area contributed by atoms with Gasteiger partial charge < -0.3 is 15.4 Å². The monoisotopic (exact) mass is 344 g/mol. The van der Waals surface area contributed by atoms with Crippen molar-refractivity contribution in [1.29, 1.82) is 0 Å². The minimum absolute atomic E-state index is 0.0251. The maximum Gasteiger partial charge on any atom is 0.265 e. The number of aromatic nitrogens is 2. The van der Waals surface area contributed by atoms with Crippen molar-refractivity contribution in [1.82, 2.24) is 15.1 Å². The summed E-state index contributed by atoms with van der Waals surface area (Å²) in [6.07, 6.45) is 0. The SMILES string of the molecule is C[C@@H](NC(=O)Cn1[nH]c(=O)ccc1=O)c1ccc2c(c1)NC(=O)CO2. The van der Waals surface area contributed by atoms with Crippen LogP contribution in [-0.2, 0) is 16.1 Å². The van der Waals surface area contributed by atoms with Crippen LogP contribution < -0.4 is 26.5 Å². The van der Waals surface area contributed by atoms with E-state index in [4.69, 9.17) is 4.74 Å². The van der Waals surface area contributed by atoms with Gasteiger partial charge in [-0.1, -0.05) is 6.07 Å². The van der Waals surface area contributed by atoms with E-state index >= 15 is 0 Å². The Balaban J connectivity index is 1.70. The van der Waals surface area contributed by atoms with Gasteiger partial charge in [0.25, 0.3) is 17.0 Å². The van der Waals surface area contributed by atoms with Crippen LogP contribution >= 0.6 is 0 Å². The second kappa shape index (κ2) is 6.63. The van der Waals surface area contributed by atoms with Crippen LogP contribution in [0.1, 0.15) is 18.5 Å². The molecule has 3 rings (SSSR count). The van der Waals surface area contributed by atoms with Crippen LogP contribution in [0.4, 0.5) is 5.69 Å². The highest BCUT2D eigenvalue weighted by molar-refractivity contribution is 5.95. The first kappa shape index (κ1) is 16.5. The molecule has 130 valence electrons. The van der Waals surface area contributed by atoms with E-state index in [-0.39, 0.29) is 25.1 Å². The van der Waals surface area contributed by atoms with E-state index in [2.05, 4.69) is 15.7 Å². The number of ether oxygens (including phenoxy) is 1. The number of nitrogens with zero attached hydrogens (tertiary/aromatic N) is 1.